The van der Waals surface area contributed by atoms with Crippen molar-refractivity contribution in [3.8, 4) is 0 Å². The van der Waals surface area contributed by atoms with E-state index < -0.39 is 0 Å². The smallest absolute Gasteiger partial charge is 0.0234 e. The van der Waals surface area contributed by atoms with Crippen LogP contribution in [0, 0.1) is 5.92 Å². The average Bonchev–Trinajstić information content (AvgIpc) is 2.34. The van der Waals surface area contributed by atoms with Crippen molar-refractivity contribution in [1.29, 1.82) is 0 Å². The van der Waals surface area contributed by atoms with E-state index in [2.05, 4.69) is 63.8 Å². The molecule has 3 heteroatoms. The summed E-state index contributed by atoms with van der Waals surface area (Å²) >= 11 is 3.48. The number of rotatable bonds is 4. The van der Waals surface area contributed by atoms with Gasteiger partial charge in [0.25, 0.3) is 0 Å². The zero-order valence-corrected chi connectivity index (χ0v) is 13.0. The molecule has 1 fully saturated rings. The van der Waals surface area contributed by atoms with Crippen LogP contribution < -0.4 is 0 Å². The van der Waals surface area contributed by atoms with Gasteiger partial charge >= 0.3 is 0 Å². The van der Waals surface area contributed by atoms with E-state index in [4.69, 9.17) is 0 Å². The van der Waals surface area contributed by atoms with E-state index in [-0.39, 0.29) is 0 Å². The van der Waals surface area contributed by atoms with E-state index in [1.54, 1.807) is 0 Å². The second kappa shape index (κ2) is 6.69. The maximum absolute atomic E-state index is 3.48. The monoisotopic (exact) mass is 310 g/mol. The van der Waals surface area contributed by atoms with Crippen molar-refractivity contribution in [3.05, 3.63) is 34.3 Å². The molecular weight excluding hydrogens is 288 g/mol. The summed E-state index contributed by atoms with van der Waals surface area (Å²) in [4.78, 5) is 5.14. The maximum atomic E-state index is 3.48. The van der Waals surface area contributed by atoms with Crippen molar-refractivity contribution in [2.45, 2.75) is 20.4 Å². The third-order valence-electron chi connectivity index (χ3n) is 3.41. The summed E-state index contributed by atoms with van der Waals surface area (Å²) in [5.74, 6) is 0.781. The van der Waals surface area contributed by atoms with Gasteiger partial charge in [0, 0.05) is 43.7 Å². The highest BCUT2D eigenvalue weighted by Crippen LogP contribution is 2.13. The van der Waals surface area contributed by atoms with Gasteiger partial charge in [-0.2, -0.15) is 0 Å². The van der Waals surface area contributed by atoms with E-state index in [1.807, 2.05) is 0 Å². The Morgan fingerprint density at radius 3 is 2.11 bits per heavy atom. The van der Waals surface area contributed by atoms with Gasteiger partial charge in [-0.15, -0.1) is 0 Å². The lowest BCUT2D eigenvalue weighted by Gasteiger charge is -2.35. The van der Waals surface area contributed by atoms with Crippen LogP contribution in [0.3, 0.4) is 0 Å². The molecule has 2 nitrogen and oxygen atoms in total. The lowest BCUT2D eigenvalue weighted by atomic mass is 10.1. The van der Waals surface area contributed by atoms with Gasteiger partial charge in [-0.05, 0) is 23.6 Å². The largest absolute Gasteiger partial charge is 0.301 e. The molecule has 18 heavy (non-hydrogen) atoms. The molecule has 0 unspecified atom stereocenters. The predicted molar refractivity (Wildman–Crippen MR) is 80.7 cm³/mol. The van der Waals surface area contributed by atoms with Crippen LogP contribution in [0.5, 0.6) is 0 Å². The quantitative estimate of drug-likeness (QED) is 0.842. The molecule has 0 amide bonds. The fraction of sp³-hybridized carbons (Fsp3) is 0.600. The number of piperazine rings is 1. The van der Waals surface area contributed by atoms with Crippen LogP contribution in [0.1, 0.15) is 19.4 Å². The molecule has 0 bridgehead atoms. The van der Waals surface area contributed by atoms with Crippen LogP contribution in [-0.2, 0) is 6.54 Å². The molecule has 1 aromatic rings. The molecule has 0 aliphatic carbocycles. The SMILES string of the molecule is CC(C)CN1CCN(Cc2ccc(Br)cc2)CC1. The minimum Gasteiger partial charge on any atom is -0.301 e. The fourth-order valence-corrected chi connectivity index (χ4v) is 2.76. The molecular formula is C15H23BrN2. The van der Waals surface area contributed by atoms with E-state index >= 15 is 0 Å². The summed E-state index contributed by atoms with van der Waals surface area (Å²) in [5.41, 5.74) is 1.41. The van der Waals surface area contributed by atoms with E-state index in [0.29, 0.717) is 0 Å². The molecule has 0 aromatic heterocycles. The summed E-state index contributed by atoms with van der Waals surface area (Å²) in [6.07, 6.45) is 0. The first-order valence-corrected chi connectivity index (χ1v) is 7.62. The van der Waals surface area contributed by atoms with Crippen molar-refractivity contribution in [2.24, 2.45) is 5.92 Å². The Balaban J connectivity index is 1.78. The van der Waals surface area contributed by atoms with Crippen molar-refractivity contribution in [1.82, 2.24) is 9.80 Å². The third kappa shape index (κ3) is 4.38. The Kier molecular flexibility index (Phi) is 5.22. The van der Waals surface area contributed by atoms with Crippen LogP contribution in [0.2, 0.25) is 0 Å². The van der Waals surface area contributed by atoms with Crippen molar-refractivity contribution in [3.63, 3.8) is 0 Å². The fourth-order valence-electron chi connectivity index (χ4n) is 2.49. The summed E-state index contributed by atoms with van der Waals surface area (Å²) < 4.78 is 1.16. The number of hydrogen-bond donors (Lipinski definition) is 0. The minimum absolute atomic E-state index is 0.781. The molecule has 0 radical (unpaired) electrons. The molecule has 1 aliphatic rings. The van der Waals surface area contributed by atoms with Gasteiger partial charge in [-0.1, -0.05) is 41.9 Å². The number of nitrogens with zero attached hydrogens (tertiary/aromatic N) is 2. The summed E-state index contributed by atoms with van der Waals surface area (Å²) in [5, 5.41) is 0. The molecule has 2 rings (SSSR count). The predicted octanol–water partition coefficient (Wildman–Crippen LogP) is 3.22. The molecule has 1 saturated heterocycles. The Hall–Kier alpha value is -0.380. The van der Waals surface area contributed by atoms with Gasteiger partial charge in [0.2, 0.25) is 0 Å². The normalized spacial score (nSPS) is 18.4. The van der Waals surface area contributed by atoms with E-state index in [9.17, 15) is 0 Å². The highest BCUT2D eigenvalue weighted by molar-refractivity contribution is 9.10. The van der Waals surface area contributed by atoms with E-state index in [0.717, 1.165) is 16.9 Å². The van der Waals surface area contributed by atoms with Crippen molar-refractivity contribution >= 4 is 15.9 Å². The Morgan fingerprint density at radius 1 is 1.00 bits per heavy atom. The standard InChI is InChI=1S/C15H23BrN2/c1-13(2)11-17-7-9-18(10-8-17)12-14-3-5-15(16)6-4-14/h3-6,13H,7-12H2,1-2H3. The van der Waals surface area contributed by atoms with Gasteiger partial charge in [0.1, 0.15) is 0 Å². The molecule has 1 aliphatic heterocycles. The number of benzene rings is 1. The van der Waals surface area contributed by atoms with Crippen LogP contribution in [-0.4, -0.2) is 42.5 Å². The van der Waals surface area contributed by atoms with Gasteiger partial charge in [-0.3, -0.25) is 4.90 Å². The second-order valence-corrected chi connectivity index (χ2v) is 6.51. The molecule has 0 saturated carbocycles. The molecule has 100 valence electrons. The highest BCUT2D eigenvalue weighted by atomic mass is 79.9. The molecule has 0 spiro atoms. The molecule has 0 atom stereocenters. The lowest BCUT2D eigenvalue weighted by molar-refractivity contribution is 0.117. The molecule has 0 N–H and O–H groups in total. The van der Waals surface area contributed by atoms with Crippen LogP contribution >= 0.6 is 15.9 Å². The average molecular weight is 311 g/mol. The van der Waals surface area contributed by atoms with Crippen LogP contribution in [0.15, 0.2) is 28.7 Å². The second-order valence-electron chi connectivity index (χ2n) is 5.60. The number of halogens is 1. The third-order valence-corrected chi connectivity index (χ3v) is 3.94. The van der Waals surface area contributed by atoms with Crippen LogP contribution in [0.25, 0.3) is 0 Å². The zero-order valence-electron chi connectivity index (χ0n) is 11.4. The van der Waals surface area contributed by atoms with Gasteiger partial charge in [-0.25, -0.2) is 0 Å². The highest BCUT2D eigenvalue weighted by Gasteiger charge is 2.17. The minimum atomic E-state index is 0.781. The topological polar surface area (TPSA) is 6.48 Å². The Labute approximate surface area is 119 Å². The Bertz CT molecular complexity index is 353. The van der Waals surface area contributed by atoms with Gasteiger partial charge in [0.15, 0.2) is 0 Å². The zero-order chi connectivity index (χ0) is 13.0. The first kappa shape index (κ1) is 14.0. The van der Waals surface area contributed by atoms with Gasteiger partial charge < -0.3 is 4.90 Å². The van der Waals surface area contributed by atoms with Crippen molar-refractivity contribution in [2.75, 3.05) is 32.7 Å². The van der Waals surface area contributed by atoms with E-state index in [1.165, 1.54) is 38.3 Å². The summed E-state index contributed by atoms with van der Waals surface area (Å²) in [6.45, 7) is 11.8. The maximum Gasteiger partial charge on any atom is 0.0234 e. The Morgan fingerprint density at radius 2 is 1.56 bits per heavy atom. The molecule has 1 heterocycles. The summed E-state index contributed by atoms with van der Waals surface area (Å²) in [6, 6.07) is 8.68. The lowest BCUT2D eigenvalue weighted by Crippen LogP contribution is -2.46. The van der Waals surface area contributed by atoms with Crippen molar-refractivity contribution < 1.29 is 0 Å². The van der Waals surface area contributed by atoms with Gasteiger partial charge in [0.05, 0.1) is 0 Å². The first-order valence-electron chi connectivity index (χ1n) is 6.82. The first-order chi connectivity index (χ1) is 8.63. The molecule has 1 aromatic carbocycles. The number of hydrogen-bond acceptors (Lipinski definition) is 2. The summed E-state index contributed by atoms with van der Waals surface area (Å²) in [7, 11) is 0. The van der Waals surface area contributed by atoms with Crippen LogP contribution in [0.4, 0.5) is 0 Å².